The van der Waals surface area contributed by atoms with Crippen LogP contribution in [0.5, 0.6) is 5.75 Å². The molecular formula is C48H73N11O15S. The number of benzene rings is 2. The smallest absolute Gasteiger partial charge is 0.328 e. The van der Waals surface area contributed by atoms with Crippen LogP contribution < -0.4 is 59.3 Å². The first-order valence-corrected chi connectivity index (χ1v) is 24.8. The van der Waals surface area contributed by atoms with Crippen LogP contribution in [-0.2, 0) is 60.8 Å². The number of aliphatic carboxylic acids is 1. The minimum Gasteiger partial charge on any atom is -0.508 e. The van der Waals surface area contributed by atoms with Gasteiger partial charge in [-0.3, -0.25) is 43.2 Å². The molecule has 0 aliphatic carbocycles. The summed E-state index contributed by atoms with van der Waals surface area (Å²) < 4.78 is 0. The van der Waals surface area contributed by atoms with Crippen molar-refractivity contribution in [1.82, 2.24) is 47.9 Å². The second-order valence-electron chi connectivity index (χ2n) is 17.7. The Balaban J connectivity index is 2.30. The molecule has 18 N–H and O–H groups in total. The van der Waals surface area contributed by atoms with Crippen LogP contribution in [-0.4, -0.2) is 177 Å². The molecule has 0 radical (unpaired) electrons. The molecule has 0 aromatic heterocycles. The van der Waals surface area contributed by atoms with Crippen LogP contribution >= 0.6 is 12.6 Å². The van der Waals surface area contributed by atoms with E-state index >= 15 is 0 Å². The van der Waals surface area contributed by atoms with E-state index in [1.165, 1.54) is 31.2 Å². The molecule has 27 heteroatoms. The summed E-state index contributed by atoms with van der Waals surface area (Å²) in [5.74, 6) is -10.5. The molecule has 0 saturated heterocycles. The number of carbonyl (C=O) groups is 10. The zero-order valence-electron chi connectivity index (χ0n) is 42.2. The van der Waals surface area contributed by atoms with Gasteiger partial charge in [-0.25, -0.2) is 4.79 Å². The number of hydrogen-bond acceptors (Lipinski definition) is 17. The number of phenolic OH excluding ortho intramolecular Hbond substituents is 1. The van der Waals surface area contributed by atoms with E-state index in [1.807, 2.05) is 5.32 Å². The van der Waals surface area contributed by atoms with Crippen molar-refractivity contribution in [3.8, 4) is 5.75 Å². The molecule has 9 amide bonds. The fourth-order valence-electron chi connectivity index (χ4n) is 6.99. The first-order valence-electron chi connectivity index (χ1n) is 24.2. The van der Waals surface area contributed by atoms with Gasteiger partial charge in [0.2, 0.25) is 53.2 Å². The van der Waals surface area contributed by atoms with Crippen molar-refractivity contribution in [1.29, 1.82) is 0 Å². The van der Waals surface area contributed by atoms with Crippen molar-refractivity contribution in [2.75, 3.05) is 32.1 Å². The highest BCUT2D eigenvalue weighted by atomic mass is 32.1. The molecule has 0 bridgehead atoms. The number of aromatic hydroxyl groups is 1. The molecule has 0 fully saturated rings. The average Bonchev–Trinajstić information content (AvgIpc) is 3.38. The van der Waals surface area contributed by atoms with Crippen molar-refractivity contribution < 1.29 is 73.5 Å². The predicted octanol–water partition coefficient (Wildman–Crippen LogP) is -4.93. The second kappa shape index (κ2) is 33.1. The topological polar surface area (TPSA) is 432 Å². The van der Waals surface area contributed by atoms with E-state index in [1.54, 1.807) is 44.2 Å². The summed E-state index contributed by atoms with van der Waals surface area (Å²) in [6, 6.07) is 1.07. The third kappa shape index (κ3) is 22.2. The summed E-state index contributed by atoms with van der Waals surface area (Å²) in [5.41, 5.74) is 12.3. The Kier molecular flexibility index (Phi) is 28.3. The quantitative estimate of drug-likeness (QED) is 0.0235. The number of rotatable bonds is 33. The molecule has 0 heterocycles. The zero-order valence-corrected chi connectivity index (χ0v) is 43.1. The number of thiol groups is 1. The Morgan fingerprint density at radius 1 is 0.587 bits per heavy atom. The minimum absolute atomic E-state index is 0.000681. The highest BCUT2D eigenvalue weighted by Crippen LogP contribution is 2.15. The molecule has 0 saturated carbocycles. The first-order chi connectivity index (χ1) is 35.5. The molecule has 2 rings (SSSR count). The van der Waals surface area contributed by atoms with E-state index < -0.39 is 145 Å². The number of hydrogen-bond donors (Lipinski definition) is 17. The monoisotopic (exact) mass is 1080 g/mol. The molecule has 26 nitrogen and oxygen atoms in total. The lowest BCUT2D eigenvalue weighted by Gasteiger charge is -2.29. The zero-order chi connectivity index (χ0) is 56.4. The average molecular weight is 1080 g/mol. The Labute approximate surface area is 439 Å². The van der Waals surface area contributed by atoms with Gasteiger partial charge < -0.3 is 84.9 Å². The third-order valence-electron chi connectivity index (χ3n) is 11.7. The van der Waals surface area contributed by atoms with E-state index in [4.69, 9.17) is 11.5 Å². The van der Waals surface area contributed by atoms with Crippen LogP contribution in [0.25, 0.3) is 0 Å². The van der Waals surface area contributed by atoms with Gasteiger partial charge in [0, 0.05) is 18.6 Å². The summed E-state index contributed by atoms with van der Waals surface area (Å²) in [6.07, 6.45) is -0.534. The molecule has 2 aromatic rings. The molecule has 0 aliphatic rings. The Hall–Kier alpha value is -6.91. The lowest BCUT2D eigenvalue weighted by molar-refractivity contribution is -0.144. The number of aliphatic hydroxyl groups is 3. The number of phenols is 1. The van der Waals surface area contributed by atoms with Crippen LogP contribution in [0.4, 0.5) is 0 Å². The summed E-state index contributed by atoms with van der Waals surface area (Å²) in [4.78, 5) is 132. The minimum atomic E-state index is -1.77. The standard InChI is InChI=1S/C48H73N11O15S/c1-5-25(2)38(46(71)55-34(19-28-11-7-6-8-12-28)45(70)59-39(27(4)62)47(72)57-36(23-61)48(73)74)58-44(69)33(20-29-14-16-30(63)17-15-29)53-37(64)21-51-42(67)35(22-60)56-40(65)26(3)52-43(68)32(13-9-10-18-49)54-41(66)31(50)24-75/h6-8,11-12,14-17,25-27,31-36,38-39,60-63,75H,5,9-10,13,18-24,49-50H2,1-4H3,(H,51,67)(H,52,68)(H,53,64)(H,54,66)(H,55,71)(H,56,65)(H,57,72)(H,58,69)(H,59,70)(H,73,74)/t25-,26-,27+,31-,32-,33-,34-,35-,36-,38-,39-/m0/s1. The number of amides is 9. The maximum atomic E-state index is 14.2. The molecule has 0 spiro atoms. The van der Waals surface area contributed by atoms with Crippen molar-refractivity contribution >= 4 is 71.8 Å². The van der Waals surface area contributed by atoms with E-state index in [0.717, 1.165) is 6.92 Å². The van der Waals surface area contributed by atoms with Crippen LogP contribution in [0.2, 0.25) is 0 Å². The highest BCUT2D eigenvalue weighted by Gasteiger charge is 2.36. The molecule has 416 valence electrons. The summed E-state index contributed by atoms with van der Waals surface area (Å²) in [7, 11) is 0. The van der Waals surface area contributed by atoms with Gasteiger partial charge in [-0.1, -0.05) is 62.7 Å². The molecule has 2 aromatic carbocycles. The molecule has 11 atom stereocenters. The van der Waals surface area contributed by atoms with Gasteiger partial charge in [0.05, 0.1) is 31.9 Å². The van der Waals surface area contributed by atoms with E-state index in [0.29, 0.717) is 36.9 Å². The largest absolute Gasteiger partial charge is 0.508 e. The fraction of sp³-hybridized carbons (Fsp3) is 0.542. The molecule has 0 unspecified atom stereocenters. The molecule has 75 heavy (non-hydrogen) atoms. The van der Waals surface area contributed by atoms with Crippen molar-refractivity contribution in [2.45, 2.75) is 127 Å². The van der Waals surface area contributed by atoms with E-state index in [-0.39, 0.29) is 30.8 Å². The number of carboxylic acid groups (broad SMARTS) is 1. The van der Waals surface area contributed by atoms with Crippen molar-refractivity contribution in [2.24, 2.45) is 17.4 Å². The summed E-state index contributed by atoms with van der Waals surface area (Å²) >= 11 is 4.00. The van der Waals surface area contributed by atoms with E-state index in [9.17, 15) is 73.5 Å². The number of nitrogens with one attached hydrogen (secondary N) is 9. The van der Waals surface area contributed by atoms with Gasteiger partial charge in [0.15, 0.2) is 0 Å². The highest BCUT2D eigenvalue weighted by molar-refractivity contribution is 7.80. The number of nitrogens with two attached hydrogens (primary N) is 2. The summed E-state index contributed by atoms with van der Waals surface area (Å²) in [6.45, 7) is 3.36. The molecular weight excluding hydrogens is 1000 g/mol. The van der Waals surface area contributed by atoms with Crippen LogP contribution in [0.1, 0.15) is 64.5 Å². The van der Waals surface area contributed by atoms with Gasteiger partial charge in [-0.05, 0) is 68.8 Å². The van der Waals surface area contributed by atoms with Gasteiger partial charge in [0.1, 0.15) is 54.1 Å². The number of unbranched alkanes of at least 4 members (excludes halogenated alkanes) is 1. The fourth-order valence-corrected chi connectivity index (χ4v) is 7.15. The van der Waals surface area contributed by atoms with Crippen LogP contribution in [0.15, 0.2) is 54.6 Å². The van der Waals surface area contributed by atoms with Crippen molar-refractivity contribution in [3.05, 3.63) is 65.7 Å². The van der Waals surface area contributed by atoms with E-state index in [2.05, 4.69) is 55.2 Å². The van der Waals surface area contributed by atoms with Gasteiger partial charge >= 0.3 is 5.97 Å². The maximum absolute atomic E-state index is 14.2. The lowest BCUT2D eigenvalue weighted by atomic mass is 9.96. The first kappa shape index (κ1) is 64.2. The number of aliphatic hydroxyl groups excluding tert-OH is 3. The van der Waals surface area contributed by atoms with Crippen LogP contribution in [0.3, 0.4) is 0 Å². The molecule has 0 aliphatic heterocycles. The van der Waals surface area contributed by atoms with Crippen molar-refractivity contribution in [3.63, 3.8) is 0 Å². The Morgan fingerprint density at radius 2 is 1.09 bits per heavy atom. The maximum Gasteiger partial charge on any atom is 0.328 e. The number of carboxylic acids is 1. The summed E-state index contributed by atoms with van der Waals surface area (Å²) in [5, 5.41) is 70.7. The SMILES string of the molecule is CC[C@H](C)[C@H](NC(=O)[C@H](Cc1ccc(O)cc1)NC(=O)CNC(=O)[C@H](CO)NC(=O)[C@H](C)NC(=O)[C@H](CCCCN)NC(=O)[C@@H](N)CS)C(=O)N[C@@H](Cc1ccccc1)C(=O)N[C@H](C(=O)N[C@@H](CO)C(=O)O)[C@@H](C)O. The van der Waals surface area contributed by atoms with Gasteiger partial charge in [0.25, 0.3) is 0 Å². The normalized spacial score (nSPS) is 15.4. The Morgan fingerprint density at radius 3 is 1.63 bits per heavy atom. The Bertz CT molecular complexity index is 2230. The van der Waals surface area contributed by atoms with Gasteiger partial charge in [-0.2, -0.15) is 12.6 Å². The third-order valence-corrected chi connectivity index (χ3v) is 12.1. The number of carbonyl (C=O) groups excluding carboxylic acids is 9. The van der Waals surface area contributed by atoms with Crippen LogP contribution in [0, 0.1) is 5.92 Å². The predicted molar refractivity (Wildman–Crippen MR) is 274 cm³/mol. The van der Waals surface area contributed by atoms with Gasteiger partial charge in [-0.15, -0.1) is 0 Å². The lowest BCUT2D eigenvalue weighted by Crippen LogP contribution is -2.62. The second-order valence-corrected chi connectivity index (χ2v) is 18.1.